The maximum absolute atomic E-state index is 11.4. The normalized spacial score (nSPS) is 18.4. The van der Waals surface area contributed by atoms with Crippen molar-refractivity contribution in [3.63, 3.8) is 0 Å². The summed E-state index contributed by atoms with van der Waals surface area (Å²) in [6.07, 6.45) is 0.872. The molecule has 0 aromatic heterocycles. The standard InChI is InChI=1S/C19H19N3O/c1-19(2)10-17(13-5-3-4-12(8-13)11-20)22-16-7-6-14(18(21)23)9-15(16)19/h3-9,17,22H,10H2,1-2H3,(H2,21,23). The minimum absolute atomic E-state index is 0.0979. The fraction of sp³-hybridized carbons (Fsp3) is 0.263. The number of nitrogens with two attached hydrogens (primary N) is 1. The Hall–Kier alpha value is -2.80. The zero-order valence-corrected chi connectivity index (χ0v) is 13.3. The fourth-order valence-electron chi connectivity index (χ4n) is 3.27. The van der Waals surface area contributed by atoms with Gasteiger partial charge in [-0.3, -0.25) is 4.79 Å². The quantitative estimate of drug-likeness (QED) is 0.891. The summed E-state index contributed by atoms with van der Waals surface area (Å²) in [5.74, 6) is -0.410. The zero-order valence-electron chi connectivity index (χ0n) is 13.3. The van der Waals surface area contributed by atoms with Gasteiger partial charge in [-0.15, -0.1) is 0 Å². The van der Waals surface area contributed by atoms with Gasteiger partial charge in [-0.2, -0.15) is 5.26 Å². The van der Waals surface area contributed by atoms with Crippen LogP contribution in [0.25, 0.3) is 0 Å². The molecule has 1 aliphatic rings. The molecule has 0 spiro atoms. The molecule has 0 aliphatic carbocycles. The van der Waals surface area contributed by atoms with Crippen LogP contribution in [0.15, 0.2) is 42.5 Å². The van der Waals surface area contributed by atoms with E-state index in [1.54, 1.807) is 6.07 Å². The van der Waals surface area contributed by atoms with E-state index in [0.29, 0.717) is 11.1 Å². The van der Waals surface area contributed by atoms with Crippen molar-refractivity contribution in [3.8, 4) is 6.07 Å². The highest BCUT2D eigenvalue weighted by Crippen LogP contribution is 2.44. The third-order valence-electron chi connectivity index (χ3n) is 4.50. The second-order valence-corrected chi connectivity index (χ2v) is 6.65. The van der Waals surface area contributed by atoms with Gasteiger partial charge in [-0.05, 0) is 53.3 Å². The van der Waals surface area contributed by atoms with Crippen LogP contribution in [0.3, 0.4) is 0 Å². The number of benzene rings is 2. The van der Waals surface area contributed by atoms with E-state index in [1.165, 1.54) is 0 Å². The Morgan fingerprint density at radius 3 is 2.78 bits per heavy atom. The summed E-state index contributed by atoms with van der Waals surface area (Å²) in [4.78, 5) is 11.4. The SMILES string of the molecule is CC1(C)CC(c2cccc(C#N)c2)Nc2ccc(C(N)=O)cc21. The van der Waals surface area contributed by atoms with E-state index >= 15 is 0 Å². The van der Waals surface area contributed by atoms with Gasteiger partial charge in [0.2, 0.25) is 5.91 Å². The molecule has 1 aliphatic heterocycles. The Labute approximate surface area is 135 Å². The number of nitriles is 1. The van der Waals surface area contributed by atoms with Crippen LogP contribution in [0, 0.1) is 11.3 Å². The molecule has 116 valence electrons. The molecule has 1 unspecified atom stereocenters. The fourth-order valence-corrected chi connectivity index (χ4v) is 3.27. The van der Waals surface area contributed by atoms with Gasteiger partial charge < -0.3 is 11.1 Å². The Balaban J connectivity index is 2.01. The van der Waals surface area contributed by atoms with Crippen molar-refractivity contribution in [1.29, 1.82) is 5.26 Å². The van der Waals surface area contributed by atoms with Crippen LogP contribution >= 0.6 is 0 Å². The van der Waals surface area contributed by atoms with Crippen molar-refractivity contribution in [2.45, 2.75) is 31.7 Å². The predicted molar refractivity (Wildman–Crippen MR) is 90.1 cm³/mol. The van der Waals surface area contributed by atoms with Crippen molar-refractivity contribution in [3.05, 3.63) is 64.7 Å². The van der Waals surface area contributed by atoms with Crippen molar-refractivity contribution < 1.29 is 4.79 Å². The van der Waals surface area contributed by atoms with E-state index in [9.17, 15) is 4.79 Å². The lowest BCUT2D eigenvalue weighted by molar-refractivity contribution is 0.1000. The molecule has 1 atom stereocenters. The molecule has 0 radical (unpaired) electrons. The van der Waals surface area contributed by atoms with Crippen molar-refractivity contribution in [2.24, 2.45) is 5.73 Å². The Morgan fingerprint density at radius 2 is 2.09 bits per heavy atom. The van der Waals surface area contributed by atoms with Gasteiger partial charge >= 0.3 is 0 Å². The summed E-state index contributed by atoms with van der Waals surface area (Å²) >= 11 is 0. The predicted octanol–water partition coefficient (Wildman–Crippen LogP) is 3.49. The van der Waals surface area contributed by atoms with Crippen LogP contribution in [-0.4, -0.2) is 5.91 Å². The zero-order chi connectivity index (χ0) is 16.6. The van der Waals surface area contributed by atoms with Crippen LogP contribution < -0.4 is 11.1 Å². The number of carbonyl (C=O) groups excluding carboxylic acids is 1. The number of hydrogen-bond acceptors (Lipinski definition) is 3. The van der Waals surface area contributed by atoms with Crippen LogP contribution in [0.2, 0.25) is 0 Å². The van der Waals surface area contributed by atoms with Crippen molar-refractivity contribution in [1.82, 2.24) is 0 Å². The van der Waals surface area contributed by atoms with Gasteiger partial charge in [0.1, 0.15) is 0 Å². The van der Waals surface area contributed by atoms with Gasteiger partial charge in [0.25, 0.3) is 0 Å². The maximum Gasteiger partial charge on any atom is 0.248 e. The highest BCUT2D eigenvalue weighted by Gasteiger charge is 2.33. The van der Waals surface area contributed by atoms with E-state index in [0.717, 1.165) is 23.2 Å². The number of nitrogens with zero attached hydrogens (tertiary/aromatic N) is 1. The first-order valence-corrected chi connectivity index (χ1v) is 7.61. The Kier molecular flexibility index (Phi) is 3.57. The molecule has 2 aromatic rings. The minimum atomic E-state index is -0.410. The van der Waals surface area contributed by atoms with E-state index in [2.05, 4.69) is 25.2 Å². The lowest BCUT2D eigenvalue weighted by atomic mass is 9.73. The second kappa shape index (κ2) is 5.44. The summed E-state index contributed by atoms with van der Waals surface area (Å²) in [7, 11) is 0. The smallest absolute Gasteiger partial charge is 0.248 e. The Bertz CT molecular complexity index is 818. The average molecular weight is 305 g/mol. The molecule has 4 nitrogen and oxygen atoms in total. The lowest BCUT2D eigenvalue weighted by Gasteiger charge is -2.39. The third-order valence-corrected chi connectivity index (χ3v) is 4.50. The van der Waals surface area contributed by atoms with Gasteiger partial charge in [0, 0.05) is 11.3 Å². The van der Waals surface area contributed by atoms with E-state index in [1.807, 2.05) is 36.4 Å². The lowest BCUT2D eigenvalue weighted by Crippen LogP contribution is -2.31. The average Bonchev–Trinajstić information content (AvgIpc) is 2.54. The number of anilines is 1. The summed E-state index contributed by atoms with van der Waals surface area (Å²) in [5, 5.41) is 12.6. The first kappa shape index (κ1) is 15.1. The molecule has 0 saturated carbocycles. The molecule has 3 rings (SSSR count). The monoisotopic (exact) mass is 305 g/mol. The minimum Gasteiger partial charge on any atom is -0.378 e. The maximum atomic E-state index is 11.4. The molecule has 2 aromatic carbocycles. The molecule has 0 fully saturated rings. The van der Waals surface area contributed by atoms with Crippen molar-refractivity contribution in [2.75, 3.05) is 5.32 Å². The highest BCUT2D eigenvalue weighted by atomic mass is 16.1. The number of hydrogen-bond donors (Lipinski definition) is 2. The molecular weight excluding hydrogens is 286 g/mol. The van der Waals surface area contributed by atoms with Gasteiger partial charge in [-0.25, -0.2) is 0 Å². The molecular formula is C19H19N3O. The third kappa shape index (κ3) is 2.78. The van der Waals surface area contributed by atoms with Gasteiger partial charge in [-0.1, -0.05) is 26.0 Å². The van der Waals surface area contributed by atoms with Gasteiger partial charge in [0.15, 0.2) is 0 Å². The van der Waals surface area contributed by atoms with E-state index in [-0.39, 0.29) is 11.5 Å². The number of fused-ring (bicyclic) bond motifs is 1. The molecule has 3 N–H and O–H groups in total. The highest BCUT2D eigenvalue weighted by molar-refractivity contribution is 5.93. The van der Waals surface area contributed by atoms with Crippen LogP contribution in [0.1, 0.15) is 53.4 Å². The second-order valence-electron chi connectivity index (χ2n) is 6.65. The molecule has 4 heteroatoms. The summed E-state index contributed by atoms with van der Waals surface area (Å²) in [5.41, 5.74) is 9.70. The first-order valence-electron chi connectivity index (χ1n) is 7.61. The molecule has 23 heavy (non-hydrogen) atoms. The number of amides is 1. The molecule has 0 bridgehead atoms. The van der Waals surface area contributed by atoms with Crippen LogP contribution in [0.5, 0.6) is 0 Å². The van der Waals surface area contributed by atoms with Crippen LogP contribution in [-0.2, 0) is 5.41 Å². The van der Waals surface area contributed by atoms with Crippen LogP contribution in [0.4, 0.5) is 5.69 Å². The van der Waals surface area contributed by atoms with E-state index < -0.39 is 5.91 Å². The number of nitrogens with one attached hydrogen (secondary N) is 1. The molecule has 1 heterocycles. The number of rotatable bonds is 2. The first-order chi connectivity index (χ1) is 10.9. The number of carbonyl (C=O) groups is 1. The summed E-state index contributed by atoms with van der Waals surface area (Å²) < 4.78 is 0. The summed E-state index contributed by atoms with van der Waals surface area (Å²) in [6, 6.07) is 15.5. The van der Waals surface area contributed by atoms with E-state index in [4.69, 9.17) is 11.0 Å². The summed E-state index contributed by atoms with van der Waals surface area (Å²) in [6.45, 7) is 4.33. The topological polar surface area (TPSA) is 78.9 Å². The molecule has 1 amide bonds. The Morgan fingerprint density at radius 1 is 1.30 bits per heavy atom. The molecule has 0 saturated heterocycles. The largest absolute Gasteiger partial charge is 0.378 e. The number of primary amides is 1. The van der Waals surface area contributed by atoms with Crippen molar-refractivity contribution >= 4 is 11.6 Å². The van der Waals surface area contributed by atoms with Gasteiger partial charge in [0.05, 0.1) is 17.7 Å².